The molecule has 1 saturated heterocycles. The SMILES string of the molecule is CC(N/C=C(/C#N)C(=O)N1CCN(CCN)CC1)c1ccc2c(c1)CCCC2. The van der Waals surface area contributed by atoms with Crippen molar-refractivity contribution < 1.29 is 4.79 Å². The van der Waals surface area contributed by atoms with Crippen LogP contribution in [0.25, 0.3) is 0 Å². The molecular formula is C22H31N5O. The normalized spacial score (nSPS) is 18.9. The van der Waals surface area contributed by atoms with Gasteiger partial charge >= 0.3 is 0 Å². The smallest absolute Gasteiger partial charge is 0.266 e. The molecule has 0 saturated carbocycles. The summed E-state index contributed by atoms with van der Waals surface area (Å²) >= 11 is 0. The van der Waals surface area contributed by atoms with Gasteiger partial charge in [0.1, 0.15) is 11.6 Å². The minimum Gasteiger partial charge on any atom is -0.383 e. The monoisotopic (exact) mass is 381 g/mol. The summed E-state index contributed by atoms with van der Waals surface area (Å²) in [6.45, 7) is 6.43. The Kier molecular flexibility index (Phi) is 7.07. The van der Waals surface area contributed by atoms with Crippen LogP contribution in [0, 0.1) is 11.3 Å². The molecule has 0 bridgehead atoms. The Labute approximate surface area is 168 Å². The van der Waals surface area contributed by atoms with E-state index in [-0.39, 0.29) is 17.5 Å². The predicted molar refractivity (Wildman–Crippen MR) is 110 cm³/mol. The summed E-state index contributed by atoms with van der Waals surface area (Å²) in [7, 11) is 0. The average Bonchev–Trinajstić information content (AvgIpc) is 2.74. The van der Waals surface area contributed by atoms with E-state index in [1.54, 1.807) is 11.1 Å². The van der Waals surface area contributed by atoms with Crippen LogP contribution in [0.1, 0.15) is 42.5 Å². The second kappa shape index (κ2) is 9.72. The van der Waals surface area contributed by atoms with E-state index < -0.39 is 0 Å². The van der Waals surface area contributed by atoms with Crippen LogP contribution in [0.2, 0.25) is 0 Å². The number of hydrogen-bond acceptors (Lipinski definition) is 5. The van der Waals surface area contributed by atoms with Crippen LogP contribution >= 0.6 is 0 Å². The van der Waals surface area contributed by atoms with Gasteiger partial charge in [-0.05, 0) is 49.3 Å². The molecule has 3 rings (SSSR count). The number of nitrogens with two attached hydrogens (primary N) is 1. The molecule has 1 amide bonds. The van der Waals surface area contributed by atoms with Crippen molar-refractivity contribution in [3.63, 3.8) is 0 Å². The van der Waals surface area contributed by atoms with Gasteiger partial charge < -0.3 is 16.0 Å². The molecule has 0 radical (unpaired) electrons. The molecule has 3 N–H and O–H groups in total. The minimum absolute atomic E-state index is 0.0461. The van der Waals surface area contributed by atoms with Gasteiger partial charge in [-0.25, -0.2) is 0 Å². The molecule has 28 heavy (non-hydrogen) atoms. The highest BCUT2D eigenvalue weighted by Gasteiger charge is 2.23. The fraction of sp³-hybridized carbons (Fsp3) is 0.545. The first kappa shape index (κ1) is 20.4. The number of carbonyl (C=O) groups is 1. The molecule has 1 atom stereocenters. The zero-order valence-electron chi connectivity index (χ0n) is 16.8. The lowest BCUT2D eigenvalue weighted by Gasteiger charge is -2.34. The quantitative estimate of drug-likeness (QED) is 0.579. The van der Waals surface area contributed by atoms with E-state index >= 15 is 0 Å². The maximum absolute atomic E-state index is 12.7. The van der Waals surface area contributed by atoms with Crippen molar-refractivity contribution in [3.8, 4) is 6.07 Å². The number of benzene rings is 1. The molecule has 1 unspecified atom stereocenters. The summed E-state index contributed by atoms with van der Waals surface area (Å²) in [5.74, 6) is -0.194. The fourth-order valence-corrected chi connectivity index (χ4v) is 4.00. The molecule has 6 nitrogen and oxygen atoms in total. The zero-order valence-corrected chi connectivity index (χ0v) is 16.8. The number of nitriles is 1. The number of rotatable bonds is 6. The third-order valence-electron chi connectivity index (χ3n) is 5.81. The Morgan fingerprint density at radius 2 is 1.96 bits per heavy atom. The molecule has 150 valence electrons. The minimum atomic E-state index is -0.194. The Morgan fingerprint density at radius 3 is 2.64 bits per heavy atom. The van der Waals surface area contributed by atoms with E-state index in [9.17, 15) is 10.1 Å². The van der Waals surface area contributed by atoms with E-state index in [0.717, 1.165) is 26.1 Å². The van der Waals surface area contributed by atoms with Crippen molar-refractivity contribution in [2.45, 2.75) is 38.6 Å². The summed E-state index contributed by atoms with van der Waals surface area (Å²) in [6, 6.07) is 8.76. The summed E-state index contributed by atoms with van der Waals surface area (Å²) in [5.41, 5.74) is 9.85. The maximum Gasteiger partial charge on any atom is 0.266 e. The number of aryl methyl sites for hydroxylation is 2. The number of nitrogens with zero attached hydrogens (tertiary/aromatic N) is 3. The molecular weight excluding hydrogens is 350 g/mol. The van der Waals surface area contributed by atoms with Gasteiger partial charge in [0, 0.05) is 51.5 Å². The Morgan fingerprint density at radius 1 is 1.25 bits per heavy atom. The second-order valence-corrected chi connectivity index (χ2v) is 7.72. The lowest BCUT2D eigenvalue weighted by molar-refractivity contribution is -0.128. The first-order chi connectivity index (χ1) is 13.6. The first-order valence-electron chi connectivity index (χ1n) is 10.3. The average molecular weight is 382 g/mol. The van der Waals surface area contributed by atoms with Gasteiger partial charge in [-0.3, -0.25) is 9.69 Å². The molecule has 1 aromatic rings. The highest BCUT2D eigenvalue weighted by atomic mass is 16.2. The lowest BCUT2D eigenvalue weighted by atomic mass is 9.89. The van der Waals surface area contributed by atoms with Gasteiger partial charge in [0.2, 0.25) is 0 Å². The predicted octanol–water partition coefficient (Wildman–Crippen LogP) is 1.73. The summed E-state index contributed by atoms with van der Waals surface area (Å²) < 4.78 is 0. The molecule has 0 aromatic heterocycles. The van der Waals surface area contributed by atoms with Gasteiger partial charge in [0.25, 0.3) is 5.91 Å². The second-order valence-electron chi connectivity index (χ2n) is 7.72. The molecule has 1 aliphatic carbocycles. The van der Waals surface area contributed by atoms with Crippen LogP contribution in [0.4, 0.5) is 0 Å². The third-order valence-corrected chi connectivity index (χ3v) is 5.81. The zero-order chi connectivity index (χ0) is 19.9. The van der Waals surface area contributed by atoms with Crippen LogP contribution in [0.15, 0.2) is 30.0 Å². The largest absolute Gasteiger partial charge is 0.383 e. The van der Waals surface area contributed by atoms with E-state index in [1.165, 1.54) is 36.0 Å². The van der Waals surface area contributed by atoms with E-state index in [0.29, 0.717) is 19.6 Å². The lowest BCUT2D eigenvalue weighted by Crippen LogP contribution is -2.50. The van der Waals surface area contributed by atoms with Gasteiger partial charge in [0.05, 0.1) is 0 Å². The van der Waals surface area contributed by atoms with E-state index in [2.05, 4.69) is 41.4 Å². The van der Waals surface area contributed by atoms with Gasteiger partial charge in [-0.1, -0.05) is 18.2 Å². The van der Waals surface area contributed by atoms with Crippen LogP contribution in [-0.4, -0.2) is 55.0 Å². The van der Waals surface area contributed by atoms with Crippen LogP contribution < -0.4 is 11.1 Å². The highest BCUT2D eigenvalue weighted by Crippen LogP contribution is 2.24. The molecule has 1 heterocycles. The van der Waals surface area contributed by atoms with Crippen LogP contribution in [0.5, 0.6) is 0 Å². The molecule has 2 aliphatic rings. The highest BCUT2D eigenvalue weighted by molar-refractivity contribution is 5.97. The van der Waals surface area contributed by atoms with Crippen molar-refractivity contribution in [1.82, 2.24) is 15.1 Å². The standard InChI is InChI=1S/C22H31N5O/c1-17(19-7-6-18-4-2-3-5-20(18)14-19)25-16-21(15-24)22(28)27-12-10-26(9-8-23)11-13-27/h6-7,14,16-17,25H,2-5,8-13,23H2,1H3/b21-16-. The number of carbonyl (C=O) groups excluding carboxylic acids is 1. The first-order valence-corrected chi connectivity index (χ1v) is 10.3. The third kappa shape index (κ3) is 4.92. The summed E-state index contributed by atoms with van der Waals surface area (Å²) in [6.07, 6.45) is 6.42. The van der Waals surface area contributed by atoms with E-state index in [1.807, 2.05) is 0 Å². The summed E-state index contributed by atoms with van der Waals surface area (Å²) in [4.78, 5) is 16.7. The van der Waals surface area contributed by atoms with Crippen molar-refractivity contribution in [3.05, 3.63) is 46.7 Å². The maximum atomic E-state index is 12.7. The van der Waals surface area contributed by atoms with Crippen molar-refractivity contribution in [1.29, 1.82) is 5.26 Å². The Balaban J connectivity index is 1.60. The number of fused-ring (bicyclic) bond motifs is 1. The topological polar surface area (TPSA) is 85.4 Å². The van der Waals surface area contributed by atoms with Crippen molar-refractivity contribution >= 4 is 5.91 Å². The van der Waals surface area contributed by atoms with E-state index in [4.69, 9.17) is 5.73 Å². The molecule has 6 heteroatoms. The van der Waals surface area contributed by atoms with Crippen LogP contribution in [-0.2, 0) is 17.6 Å². The van der Waals surface area contributed by atoms with Crippen molar-refractivity contribution in [2.24, 2.45) is 5.73 Å². The van der Waals surface area contributed by atoms with Gasteiger partial charge in [-0.2, -0.15) is 5.26 Å². The fourth-order valence-electron chi connectivity index (χ4n) is 4.00. The number of nitrogens with one attached hydrogen (secondary N) is 1. The number of amides is 1. The number of hydrogen-bond donors (Lipinski definition) is 2. The Bertz CT molecular complexity index is 759. The van der Waals surface area contributed by atoms with Crippen LogP contribution in [0.3, 0.4) is 0 Å². The molecule has 1 aromatic carbocycles. The molecule has 1 fully saturated rings. The van der Waals surface area contributed by atoms with Gasteiger partial charge in [0.15, 0.2) is 0 Å². The van der Waals surface area contributed by atoms with Crippen molar-refractivity contribution in [2.75, 3.05) is 39.3 Å². The van der Waals surface area contributed by atoms with Gasteiger partial charge in [-0.15, -0.1) is 0 Å². The summed E-state index contributed by atoms with van der Waals surface area (Å²) in [5, 5.41) is 12.7. The number of piperazine rings is 1. The Hall–Kier alpha value is -2.36. The molecule has 0 spiro atoms. The molecule has 1 aliphatic heterocycles.